The molecule has 158 valence electrons. The fourth-order valence-corrected chi connectivity index (χ4v) is 2.57. The van der Waals surface area contributed by atoms with Gasteiger partial charge >= 0.3 is 6.18 Å². The number of aliphatic hydroxyl groups excluding tert-OH is 1. The van der Waals surface area contributed by atoms with E-state index in [1.165, 1.54) is 12.1 Å². The van der Waals surface area contributed by atoms with Crippen LogP contribution in [0.15, 0.2) is 47.1 Å². The van der Waals surface area contributed by atoms with Gasteiger partial charge in [-0.1, -0.05) is 12.1 Å². The quantitative estimate of drug-likeness (QED) is 0.581. The second kappa shape index (κ2) is 8.11. The molecule has 0 saturated carbocycles. The molecule has 6 nitrogen and oxygen atoms in total. The first-order valence-corrected chi connectivity index (χ1v) is 8.30. The minimum atomic E-state index is -4.49. The van der Waals surface area contributed by atoms with Gasteiger partial charge in [0.15, 0.2) is 17.7 Å². The number of aromatic nitrogens is 1. The third-order valence-corrected chi connectivity index (χ3v) is 4.04. The number of aliphatic hydroxyl groups is 1. The fourth-order valence-electron chi connectivity index (χ4n) is 2.57. The number of hydrogen-bond donors (Lipinski definition) is 2. The number of amides is 1. The van der Waals surface area contributed by atoms with Crippen molar-refractivity contribution >= 4 is 5.91 Å². The number of nitrogens with two attached hydrogens (primary N) is 1. The van der Waals surface area contributed by atoms with Crippen molar-refractivity contribution in [2.24, 2.45) is 5.73 Å². The molecule has 0 saturated heterocycles. The summed E-state index contributed by atoms with van der Waals surface area (Å²) >= 11 is 0. The van der Waals surface area contributed by atoms with E-state index in [4.69, 9.17) is 14.9 Å². The third kappa shape index (κ3) is 4.25. The Morgan fingerprint density at radius 3 is 2.40 bits per heavy atom. The van der Waals surface area contributed by atoms with Gasteiger partial charge in [0.25, 0.3) is 5.91 Å². The number of halogens is 5. The zero-order valence-corrected chi connectivity index (χ0v) is 14.9. The Balaban J connectivity index is 1.85. The van der Waals surface area contributed by atoms with Crippen LogP contribution in [0.25, 0.3) is 11.3 Å². The SMILES string of the molecule is NC(=O)c1c(F)ccc(OC(CO)c2nc(-c3ccc(C(F)(F)F)cc3)co2)c1F. The van der Waals surface area contributed by atoms with Crippen LogP contribution in [0, 0.1) is 11.6 Å². The van der Waals surface area contributed by atoms with Gasteiger partial charge in [0.2, 0.25) is 5.89 Å². The largest absolute Gasteiger partial charge is 0.475 e. The molecule has 1 unspecified atom stereocenters. The Morgan fingerprint density at radius 2 is 1.83 bits per heavy atom. The van der Waals surface area contributed by atoms with E-state index in [1.807, 2.05) is 0 Å². The molecular formula is C19H13F5N2O4. The topological polar surface area (TPSA) is 98.6 Å². The van der Waals surface area contributed by atoms with Crippen LogP contribution < -0.4 is 10.5 Å². The van der Waals surface area contributed by atoms with Crippen LogP contribution in [0.2, 0.25) is 0 Å². The van der Waals surface area contributed by atoms with Crippen molar-refractivity contribution in [2.45, 2.75) is 12.3 Å². The van der Waals surface area contributed by atoms with Crippen molar-refractivity contribution in [1.29, 1.82) is 0 Å². The standard InChI is InChI=1S/C19H13F5N2O4/c20-11-5-6-13(16(21)15(11)17(25)28)30-14(7-27)18-26-12(8-29-18)9-1-3-10(4-2-9)19(22,23)24/h1-6,8,14,27H,7H2,(H2,25,28). The Bertz CT molecular complexity index is 1060. The number of carbonyl (C=O) groups is 1. The Morgan fingerprint density at radius 1 is 1.17 bits per heavy atom. The van der Waals surface area contributed by atoms with Crippen molar-refractivity contribution in [3.8, 4) is 17.0 Å². The molecule has 1 atom stereocenters. The highest BCUT2D eigenvalue weighted by Gasteiger charge is 2.30. The summed E-state index contributed by atoms with van der Waals surface area (Å²) in [5.41, 5.74) is 3.51. The molecule has 1 amide bonds. The average molecular weight is 428 g/mol. The number of oxazole rings is 1. The van der Waals surface area contributed by atoms with Gasteiger partial charge in [-0.2, -0.15) is 13.2 Å². The van der Waals surface area contributed by atoms with Gasteiger partial charge in [-0.05, 0) is 24.3 Å². The van der Waals surface area contributed by atoms with E-state index < -0.39 is 53.3 Å². The molecule has 30 heavy (non-hydrogen) atoms. The normalized spacial score (nSPS) is 12.6. The Labute approximate surface area is 165 Å². The molecule has 3 N–H and O–H groups in total. The molecule has 0 radical (unpaired) electrons. The summed E-state index contributed by atoms with van der Waals surface area (Å²) in [5, 5.41) is 9.53. The molecule has 0 spiro atoms. The van der Waals surface area contributed by atoms with Crippen molar-refractivity contribution in [1.82, 2.24) is 4.98 Å². The summed E-state index contributed by atoms with van der Waals surface area (Å²) in [6.45, 7) is -0.740. The maximum absolute atomic E-state index is 14.3. The first-order valence-electron chi connectivity index (χ1n) is 8.30. The average Bonchev–Trinajstić information content (AvgIpc) is 3.17. The number of rotatable bonds is 6. The van der Waals surface area contributed by atoms with Gasteiger partial charge in [0, 0.05) is 5.56 Å². The van der Waals surface area contributed by atoms with Gasteiger partial charge in [-0.3, -0.25) is 4.79 Å². The second-order valence-corrected chi connectivity index (χ2v) is 6.03. The Hall–Kier alpha value is -3.47. The maximum atomic E-state index is 14.3. The van der Waals surface area contributed by atoms with Crippen LogP contribution in [-0.2, 0) is 6.18 Å². The number of carbonyl (C=O) groups excluding carboxylic acids is 1. The van der Waals surface area contributed by atoms with Crippen LogP contribution in [0.5, 0.6) is 5.75 Å². The van der Waals surface area contributed by atoms with E-state index in [2.05, 4.69) is 4.98 Å². The van der Waals surface area contributed by atoms with Crippen molar-refractivity contribution in [3.05, 3.63) is 71.3 Å². The summed E-state index contributed by atoms with van der Waals surface area (Å²) in [6.07, 6.45) is -4.74. The van der Waals surface area contributed by atoms with Gasteiger partial charge in [-0.15, -0.1) is 0 Å². The van der Waals surface area contributed by atoms with Gasteiger partial charge in [0.05, 0.1) is 12.2 Å². The highest BCUT2D eigenvalue weighted by molar-refractivity contribution is 5.93. The van der Waals surface area contributed by atoms with E-state index in [9.17, 15) is 31.9 Å². The number of alkyl halides is 3. The minimum Gasteiger partial charge on any atom is -0.475 e. The molecule has 0 fully saturated rings. The lowest BCUT2D eigenvalue weighted by molar-refractivity contribution is -0.137. The molecule has 1 aromatic heterocycles. The second-order valence-electron chi connectivity index (χ2n) is 6.03. The summed E-state index contributed by atoms with van der Waals surface area (Å²) in [6, 6.07) is 5.73. The highest BCUT2D eigenvalue weighted by Crippen LogP contribution is 2.32. The minimum absolute atomic E-state index is 0.137. The molecule has 0 aliphatic rings. The van der Waals surface area contributed by atoms with Crippen LogP contribution in [-0.4, -0.2) is 22.6 Å². The number of hydrogen-bond acceptors (Lipinski definition) is 5. The molecule has 2 aromatic carbocycles. The van der Waals surface area contributed by atoms with Crippen LogP contribution in [0.1, 0.15) is 27.9 Å². The summed E-state index contributed by atoms with van der Waals surface area (Å²) < 4.78 is 76.3. The third-order valence-electron chi connectivity index (χ3n) is 4.04. The molecule has 3 aromatic rings. The van der Waals surface area contributed by atoms with Crippen LogP contribution >= 0.6 is 0 Å². The van der Waals surface area contributed by atoms with E-state index in [0.717, 1.165) is 30.5 Å². The van der Waals surface area contributed by atoms with E-state index >= 15 is 0 Å². The van der Waals surface area contributed by atoms with E-state index in [-0.39, 0.29) is 11.6 Å². The zero-order valence-electron chi connectivity index (χ0n) is 14.9. The van der Waals surface area contributed by atoms with E-state index in [0.29, 0.717) is 5.56 Å². The first-order chi connectivity index (χ1) is 14.1. The van der Waals surface area contributed by atoms with Crippen LogP contribution in [0.4, 0.5) is 22.0 Å². The first kappa shape index (κ1) is 21.2. The lowest BCUT2D eigenvalue weighted by atomic mass is 10.1. The van der Waals surface area contributed by atoms with Crippen molar-refractivity contribution < 1.29 is 41.0 Å². The smallest absolute Gasteiger partial charge is 0.416 e. The predicted molar refractivity (Wildman–Crippen MR) is 92.3 cm³/mol. The maximum Gasteiger partial charge on any atom is 0.416 e. The zero-order chi connectivity index (χ0) is 22.1. The number of benzene rings is 2. The summed E-state index contributed by atoms with van der Waals surface area (Å²) in [4.78, 5) is 15.2. The lowest BCUT2D eigenvalue weighted by Crippen LogP contribution is -2.18. The number of ether oxygens (including phenoxy) is 1. The van der Waals surface area contributed by atoms with Crippen molar-refractivity contribution in [2.75, 3.05) is 6.61 Å². The molecule has 0 bridgehead atoms. The highest BCUT2D eigenvalue weighted by atomic mass is 19.4. The number of nitrogens with zero attached hydrogens (tertiary/aromatic N) is 1. The molecule has 0 aliphatic carbocycles. The summed E-state index contributed by atoms with van der Waals surface area (Å²) in [7, 11) is 0. The molecular weight excluding hydrogens is 415 g/mol. The van der Waals surface area contributed by atoms with E-state index in [1.54, 1.807) is 0 Å². The number of primary amides is 1. The predicted octanol–water partition coefficient (Wildman–Crippen LogP) is 3.85. The molecule has 1 heterocycles. The van der Waals surface area contributed by atoms with Crippen molar-refractivity contribution in [3.63, 3.8) is 0 Å². The monoisotopic (exact) mass is 428 g/mol. The van der Waals surface area contributed by atoms with Gasteiger partial charge < -0.3 is 20.0 Å². The molecule has 0 aliphatic heterocycles. The Kier molecular flexibility index (Phi) is 5.74. The molecule has 11 heteroatoms. The fraction of sp³-hybridized carbons (Fsp3) is 0.158. The molecule has 3 rings (SSSR count). The summed E-state index contributed by atoms with van der Waals surface area (Å²) in [5.74, 6) is -4.71. The van der Waals surface area contributed by atoms with Gasteiger partial charge in [-0.25, -0.2) is 13.8 Å². The van der Waals surface area contributed by atoms with Gasteiger partial charge in [0.1, 0.15) is 23.3 Å². The van der Waals surface area contributed by atoms with Crippen LogP contribution in [0.3, 0.4) is 0 Å². The lowest BCUT2D eigenvalue weighted by Gasteiger charge is -2.15.